The summed E-state index contributed by atoms with van der Waals surface area (Å²) in [7, 11) is 0. The number of nitrogens with zero attached hydrogens (tertiary/aromatic N) is 2. The van der Waals surface area contributed by atoms with Crippen molar-refractivity contribution in [2.75, 3.05) is 39.5 Å². The molecule has 1 fully saturated rings. The van der Waals surface area contributed by atoms with E-state index in [-0.39, 0.29) is 35.9 Å². The highest BCUT2D eigenvalue weighted by Gasteiger charge is 2.40. The molecule has 0 spiro atoms. The van der Waals surface area contributed by atoms with Gasteiger partial charge in [-0.25, -0.2) is 4.79 Å². The van der Waals surface area contributed by atoms with Crippen LogP contribution in [0.25, 0.3) is 0 Å². The molecule has 0 unspecified atom stereocenters. The molecule has 1 aliphatic heterocycles. The second-order valence-corrected chi connectivity index (χ2v) is 9.38. The Morgan fingerprint density at radius 2 is 1.35 bits per heavy atom. The number of ether oxygens (including phenoxy) is 1. The number of aliphatic hydroxyl groups is 1. The van der Waals surface area contributed by atoms with Crippen LogP contribution >= 0.6 is 0 Å². The lowest BCUT2D eigenvalue weighted by Crippen LogP contribution is -2.41. The second-order valence-electron chi connectivity index (χ2n) is 9.38. The van der Waals surface area contributed by atoms with Crippen LogP contribution in [0, 0.1) is 10.8 Å². The van der Waals surface area contributed by atoms with Crippen LogP contribution in [-0.2, 0) is 9.53 Å². The average molecular weight is 441 g/mol. The van der Waals surface area contributed by atoms with Crippen molar-refractivity contribution in [1.29, 1.82) is 0 Å². The Kier molecular flexibility index (Phi) is 12.7. The predicted octanol–water partition coefficient (Wildman–Crippen LogP) is 5.23. The summed E-state index contributed by atoms with van der Waals surface area (Å²) in [6, 6.07) is -0.126. The highest BCUT2D eigenvalue weighted by molar-refractivity contribution is 6.02. The number of rotatable bonds is 18. The third-order valence-corrected chi connectivity index (χ3v) is 7.83. The van der Waals surface area contributed by atoms with Crippen molar-refractivity contribution in [2.24, 2.45) is 10.8 Å². The van der Waals surface area contributed by atoms with Gasteiger partial charge in [0.05, 0.1) is 0 Å². The molecule has 1 rings (SSSR count). The number of likely N-dealkylation sites (N-methyl/N-ethyl adjacent to an activating group) is 1. The van der Waals surface area contributed by atoms with E-state index < -0.39 is 0 Å². The van der Waals surface area contributed by atoms with E-state index in [2.05, 4.69) is 27.7 Å². The number of aliphatic hydroxyl groups excluding tert-OH is 1. The highest BCUT2D eigenvalue weighted by Crippen LogP contribution is 2.35. The van der Waals surface area contributed by atoms with Gasteiger partial charge in [0.25, 0.3) is 0 Å². The topological polar surface area (TPSA) is 70.1 Å². The number of carbonyl (C=O) groups is 2. The van der Waals surface area contributed by atoms with Crippen molar-refractivity contribution in [3.8, 4) is 0 Å². The monoisotopic (exact) mass is 440 g/mol. The van der Waals surface area contributed by atoms with E-state index in [0.717, 1.165) is 77.4 Å². The number of urea groups is 1. The van der Waals surface area contributed by atoms with E-state index in [1.165, 1.54) is 4.90 Å². The van der Waals surface area contributed by atoms with Crippen LogP contribution in [0.1, 0.15) is 98.8 Å². The fourth-order valence-electron chi connectivity index (χ4n) is 4.65. The first-order valence-electron chi connectivity index (χ1n) is 12.6. The molecule has 1 saturated heterocycles. The van der Waals surface area contributed by atoms with Gasteiger partial charge in [-0.2, -0.15) is 0 Å². The molecule has 6 nitrogen and oxygen atoms in total. The molecule has 182 valence electrons. The molecule has 3 amide bonds. The third-order valence-electron chi connectivity index (χ3n) is 7.83. The molecule has 1 heterocycles. The van der Waals surface area contributed by atoms with E-state index >= 15 is 0 Å². The zero-order chi connectivity index (χ0) is 23.3. The largest absolute Gasteiger partial charge is 0.396 e. The Morgan fingerprint density at radius 3 is 1.77 bits per heavy atom. The molecule has 0 atom stereocenters. The van der Waals surface area contributed by atoms with E-state index in [9.17, 15) is 14.7 Å². The highest BCUT2D eigenvalue weighted by atomic mass is 16.5. The summed E-state index contributed by atoms with van der Waals surface area (Å²) in [5.41, 5.74) is 0.0961. The molecule has 0 aliphatic carbocycles. The molecule has 0 aromatic carbocycles. The Morgan fingerprint density at radius 1 is 0.839 bits per heavy atom. The maximum atomic E-state index is 12.5. The summed E-state index contributed by atoms with van der Waals surface area (Å²) < 4.78 is 5.84. The minimum atomic E-state index is -0.126. The van der Waals surface area contributed by atoms with Gasteiger partial charge in [-0.15, -0.1) is 0 Å². The van der Waals surface area contributed by atoms with Gasteiger partial charge in [-0.1, -0.05) is 40.5 Å². The zero-order valence-corrected chi connectivity index (χ0v) is 20.9. The van der Waals surface area contributed by atoms with Crippen LogP contribution in [0.4, 0.5) is 4.79 Å². The van der Waals surface area contributed by atoms with Crippen molar-refractivity contribution in [3.63, 3.8) is 0 Å². The average Bonchev–Trinajstić information content (AvgIpc) is 3.07. The molecule has 0 aromatic rings. The number of imide groups is 1. The van der Waals surface area contributed by atoms with Crippen molar-refractivity contribution in [2.45, 2.75) is 98.8 Å². The zero-order valence-electron chi connectivity index (χ0n) is 20.9. The number of amides is 3. The van der Waals surface area contributed by atoms with E-state index in [4.69, 9.17) is 4.74 Å². The molecule has 0 bridgehead atoms. The number of unbranched alkanes of at least 4 members (excludes halogenated alkanes) is 2. The number of hydrogen-bond donors (Lipinski definition) is 1. The summed E-state index contributed by atoms with van der Waals surface area (Å²) in [6.07, 6.45) is 10.3. The molecule has 0 aromatic heterocycles. The molecule has 0 saturated carbocycles. The van der Waals surface area contributed by atoms with Crippen LogP contribution < -0.4 is 0 Å². The fraction of sp³-hybridized carbons (Fsp3) is 0.920. The minimum Gasteiger partial charge on any atom is -0.396 e. The van der Waals surface area contributed by atoms with Gasteiger partial charge < -0.3 is 14.7 Å². The van der Waals surface area contributed by atoms with E-state index in [1.54, 1.807) is 4.90 Å². The lowest BCUT2D eigenvalue weighted by molar-refractivity contribution is -0.126. The van der Waals surface area contributed by atoms with Crippen molar-refractivity contribution in [3.05, 3.63) is 0 Å². The predicted molar refractivity (Wildman–Crippen MR) is 126 cm³/mol. The number of hydrogen-bond acceptors (Lipinski definition) is 4. The summed E-state index contributed by atoms with van der Waals surface area (Å²) in [6.45, 7) is 13.8. The Hall–Kier alpha value is -1.14. The normalized spacial score (nSPS) is 15.4. The van der Waals surface area contributed by atoms with Gasteiger partial charge in [-0.3, -0.25) is 9.69 Å². The maximum absolute atomic E-state index is 12.5. The molecule has 0 radical (unpaired) electrons. The SMILES string of the molecule is CCN1CC(=O)N(CC(CC)(CC)CCCCOCCCCC(CC)(CC)CO)C1=O. The maximum Gasteiger partial charge on any atom is 0.327 e. The summed E-state index contributed by atoms with van der Waals surface area (Å²) >= 11 is 0. The van der Waals surface area contributed by atoms with Gasteiger partial charge in [0.15, 0.2) is 0 Å². The molecular weight excluding hydrogens is 392 g/mol. The van der Waals surface area contributed by atoms with Gasteiger partial charge in [0.1, 0.15) is 6.54 Å². The van der Waals surface area contributed by atoms with E-state index in [0.29, 0.717) is 13.1 Å². The molecule has 31 heavy (non-hydrogen) atoms. The standard InChI is InChI=1S/C25H48N2O4/c1-6-24(7-2,20-27-22(29)19-26(10-5)23(27)30)15-11-13-17-31-18-14-12-16-25(8-3,9-4)21-28/h28H,6-21H2,1-5H3. The van der Waals surface area contributed by atoms with Crippen LogP contribution in [-0.4, -0.2) is 66.3 Å². The Bertz CT molecular complexity index is 521. The third kappa shape index (κ3) is 8.05. The quantitative estimate of drug-likeness (QED) is 0.234. The lowest BCUT2D eigenvalue weighted by atomic mass is 9.77. The van der Waals surface area contributed by atoms with Crippen molar-refractivity contribution < 1.29 is 19.4 Å². The van der Waals surface area contributed by atoms with Crippen LogP contribution in [0.3, 0.4) is 0 Å². The van der Waals surface area contributed by atoms with Gasteiger partial charge in [0, 0.05) is 32.9 Å². The first-order chi connectivity index (χ1) is 14.9. The van der Waals surface area contributed by atoms with Crippen molar-refractivity contribution >= 4 is 11.9 Å². The first-order valence-corrected chi connectivity index (χ1v) is 12.6. The second kappa shape index (κ2) is 14.1. The van der Waals surface area contributed by atoms with E-state index in [1.807, 2.05) is 6.92 Å². The smallest absolute Gasteiger partial charge is 0.327 e. The fourth-order valence-corrected chi connectivity index (χ4v) is 4.65. The summed E-state index contributed by atoms with van der Waals surface area (Å²) in [5, 5.41) is 9.65. The lowest BCUT2D eigenvalue weighted by Gasteiger charge is -2.35. The van der Waals surface area contributed by atoms with Gasteiger partial charge in [-0.05, 0) is 69.1 Å². The van der Waals surface area contributed by atoms with Gasteiger partial charge >= 0.3 is 6.03 Å². The van der Waals surface area contributed by atoms with Crippen molar-refractivity contribution in [1.82, 2.24) is 9.80 Å². The number of carbonyl (C=O) groups excluding carboxylic acids is 2. The van der Waals surface area contributed by atoms with Crippen LogP contribution in [0.5, 0.6) is 0 Å². The summed E-state index contributed by atoms with van der Waals surface area (Å²) in [4.78, 5) is 27.9. The summed E-state index contributed by atoms with van der Waals surface area (Å²) in [5.74, 6) is -0.0576. The Balaban J connectivity index is 2.31. The Labute approximate surface area is 190 Å². The molecule has 1 N–H and O–H groups in total. The minimum absolute atomic E-state index is 0.00298. The van der Waals surface area contributed by atoms with Crippen LogP contribution in [0.2, 0.25) is 0 Å². The molecule has 6 heteroatoms. The van der Waals surface area contributed by atoms with Gasteiger partial charge in [0.2, 0.25) is 5.91 Å². The van der Waals surface area contributed by atoms with Crippen LogP contribution in [0.15, 0.2) is 0 Å². The first kappa shape index (κ1) is 27.9. The molecular formula is C25H48N2O4. The molecule has 1 aliphatic rings.